The number of ether oxygens (including phenoxy) is 2. The van der Waals surface area contributed by atoms with E-state index in [4.69, 9.17) is 14.0 Å². The smallest absolute Gasteiger partial charge is 0.314 e. The number of methoxy groups -OCH3 is 1. The van der Waals surface area contributed by atoms with Crippen molar-refractivity contribution in [2.24, 2.45) is 5.41 Å². The highest BCUT2D eigenvalue weighted by molar-refractivity contribution is 5.77. The third-order valence-electron chi connectivity index (χ3n) is 8.34. The van der Waals surface area contributed by atoms with Crippen molar-refractivity contribution >= 4 is 12.0 Å². The second kappa shape index (κ2) is 12.3. The Hall–Kier alpha value is -3.29. The summed E-state index contributed by atoms with van der Waals surface area (Å²) in [5.41, 5.74) is 5.03. The Morgan fingerprint density at radius 1 is 1.13 bits per heavy atom. The summed E-state index contributed by atoms with van der Waals surface area (Å²) >= 11 is 0. The number of hydrogen-bond donors (Lipinski definition) is 0. The molecule has 1 saturated carbocycles. The molecule has 0 radical (unpaired) electrons. The van der Waals surface area contributed by atoms with Gasteiger partial charge < -0.3 is 14.0 Å². The molecule has 0 amide bonds. The van der Waals surface area contributed by atoms with E-state index in [1.54, 1.807) is 7.11 Å². The van der Waals surface area contributed by atoms with Crippen molar-refractivity contribution in [2.45, 2.75) is 57.9 Å². The summed E-state index contributed by atoms with van der Waals surface area (Å²) in [6.45, 7) is 9.15. The van der Waals surface area contributed by atoms with Gasteiger partial charge in [-0.1, -0.05) is 61.0 Å². The highest BCUT2D eigenvalue weighted by Gasteiger charge is 2.42. The monoisotopic (exact) mass is 529 g/mol. The molecule has 0 unspecified atom stereocenters. The Morgan fingerprint density at radius 3 is 2.51 bits per heavy atom. The topological polar surface area (TPSA) is 77.7 Å². The normalized spacial score (nSPS) is 17.8. The van der Waals surface area contributed by atoms with Crippen LogP contribution in [-0.2, 0) is 20.8 Å². The van der Waals surface area contributed by atoms with E-state index in [-0.39, 0.29) is 5.97 Å². The summed E-state index contributed by atoms with van der Waals surface area (Å²) in [4.78, 5) is 19.7. The zero-order chi connectivity index (χ0) is 27.2. The number of likely N-dealkylation sites (tertiary alicyclic amines) is 1. The Labute approximate surface area is 231 Å². The van der Waals surface area contributed by atoms with Crippen LogP contribution in [0.2, 0.25) is 0 Å². The van der Waals surface area contributed by atoms with Gasteiger partial charge in [0.2, 0.25) is 5.82 Å². The quantitative estimate of drug-likeness (QED) is 0.278. The van der Waals surface area contributed by atoms with E-state index in [1.807, 2.05) is 25.1 Å². The second-order valence-electron chi connectivity index (χ2n) is 10.9. The van der Waals surface area contributed by atoms with Gasteiger partial charge in [0.15, 0.2) is 0 Å². The van der Waals surface area contributed by atoms with Crippen molar-refractivity contribution in [1.82, 2.24) is 15.0 Å². The van der Waals surface area contributed by atoms with Crippen molar-refractivity contribution in [3.63, 3.8) is 0 Å². The highest BCUT2D eigenvalue weighted by atomic mass is 16.5. The zero-order valence-electron chi connectivity index (χ0n) is 23.2. The van der Waals surface area contributed by atoms with Gasteiger partial charge in [-0.2, -0.15) is 4.98 Å². The SMILES string of the molecule is C=Cc1cc(-c2nc(-c3ccc(CN4CCC(COC)(C(=O)OCC)CC4)cc3)no2)ccc1C1CCCC1. The van der Waals surface area contributed by atoms with Crippen LogP contribution in [0.4, 0.5) is 0 Å². The lowest BCUT2D eigenvalue weighted by Gasteiger charge is -2.39. The summed E-state index contributed by atoms with van der Waals surface area (Å²) in [7, 11) is 1.65. The molecular formula is C32H39N3O4. The molecule has 1 aliphatic heterocycles. The average molecular weight is 530 g/mol. The standard InChI is InChI=1S/C32H39N3O4/c1-4-24-20-27(14-15-28(24)25-8-6-7-9-25)30-33-29(34-39-30)26-12-10-23(11-13-26)21-35-18-16-32(17-19-35,22-37-3)31(36)38-5-2/h4,10-15,20,25H,1,5-9,16-19,21-22H2,2-3H3. The van der Waals surface area contributed by atoms with Crippen LogP contribution in [0, 0.1) is 5.41 Å². The first-order valence-electron chi connectivity index (χ1n) is 14.1. The molecule has 206 valence electrons. The number of carbonyl (C=O) groups is 1. The van der Waals surface area contributed by atoms with Crippen LogP contribution in [0.15, 0.2) is 53.6 Å². The number of rotatable bonds is 10. The molecule has 1 saturated heterocycles. The molecule has 2 fully saturated rings. The number of carbonyl (C=O) groups excluding carboxylic acids is 1. The molecule has 2 aromatic carbocycles. The number of nitrogens with zero attached hydrogens (tertiary/aromatic N) is 3. The Bertz CT molecular complexity index is 1270. The van der Waals surface area contributed by atoms with Gasteiger partial charge in [0.05, 0.1) is 18.6 Å². The molecule has 1 aromatic heterocycles. The predicted molar refractivity (Wildman–Crippen MR) is 152 cm³/mol. The first-order valence-corrected chi connectivity index (χ1v) is 14.1. The van der Waals surface area contributed by atoms with E-state index in [1.165, 1.54) is 36.8 Å². The maximum atomic E-state index is 12.6. The van der Waals surface area contributed by atoms with Crippen molar-refractivity contribution < 1.29 is 18.8 Å². The molecule has 1 aliphatic carbocycles. The van der Waals surface area contributed by atoms with E-state index in [0.717, 1.165) is 49.2 Å². The zero-order valence-corrected chi connectivity index (χ0v) is 23.2. The van der Waals surface area contributed by atoms with Gasteiger partial charge in [-0.3, -0.25) is 9.69 Å². The van der Waals surface area contributed by atoms with Gasteiger partial charge >= 0.3 is 5.97 Å². The van der Waals surface area contributed by atoms with Crippen molar-refractivity contribution in [3.05, 3.63) is 65.7 Å². The van der Waals surface area contributed by atoms with Crippen molar-refractivity contribution in [2.75, 3.05) is 33.4 Å². The minimum absolute atomic E-state index is 0.138. The fraction of sp³-hybridized carbons (Fsp3) is 0.469. The number of aromatic nitrogens is 2. The fourth-order valence-electron chi connectivity index (χ4n) is 6.08. The van der Waals surface area contributed by atoms with Gasteiger partial charge in [0.1, 0.15) is 0 Å². The largest absolute Gasteiger partial charge is 0.465 e. The first kappa shape index (κ1) is 27.3. The van der Waals surface area contributed by atoms with Crippen molar-refractivity contribution in [1.29, 1.82) is 0 Å². The van der Waals surface area contributed by atoms with E-state index in [9.17, 15) is 4.79 Å². The van der Waals surface area contributed by atoms with Gasteiger partial charge in [-0.25, -0.2) is 0 Å². The summed E-state index contributed by atoms with van der Waals surface area (Å²) in [5, 5.41) is 4.25. The maximum absolute atomic E-state index is 12.6. The lowest BCUT2D eigenvalue weighted by Crippen LogP contribution is -2.47. The Morgan fingerprint density at radius 2 is 1.85 bits per heavy atom. The Kier molecular flexibility index (Phi) is 8.58. The van der Waals surface area contributed by atoms with Crippen LogP contribution >= 0.6 is 0 Å². The number of benzene rings is 2. The van der Waals surface area contributed by atoms with E-state index >= 15 is 0 Å². The minimum atomic E-state index is -0.537. The number of hydrogen-bond acceptors (Lipinski definition) is 7. The number of esters is 1. The molecule has 0 N–H and O–H groups in total. The molecule has 2 aliphatic rings. The van der Waals surface area contributed by atoms with Crippen LogP contribution in [0.1, 0.15) is 68.1 Å². The van der Waals surface area contributed by atoms with Gasteiger partial charge in [-0.15, -0.1) is 0 Å². The second-order valence-corrected chi connectivity index (χ2v) is 10.9. The third-order valence-corrected chi connectivity index (χ3v) is 8.34. The molecule has 0 bridgehead atoms. The molecule has 5 rings (SSSR count). The van der Waals surface area contributed by atoms with E-state index in [2.05, 4.69) is 52.0 Å². The van der Waals surface area contributed by atoms with E-state index < -0.39 is 5.41 Å². The fourth-order valence-corrected chi connectivity index (χ4v) is 6.08. The molecule has 7 heteroatoms. The van der Waals surface area contributed by atoms with Crippen LogP contribution in [-0.4, -0.2) is 54.4 Å². The summed E-state index contributed by atoms with van der Waals surface area (Å²) in [6.07, 6.45) is 8.51. The van der Waals surface area contributed by atoms with Crippen LogP contribution in [0.3, 0.4) is 0 Å². The molecule has 3 aromatic rings. The van der Waals surface area contributed by atoms with E-state index in [0.29, 0.717) is 30.8 Å². The first-order chi connectivity index (χ1) is 19.0. The van der Waals surface area contributed by atoms with Gasteiger partial charge in [0, 0.05) is 24.8 Å². The molecule has 0 spiro atoms. The maximum Gasteiger partial charge on any atom is 0.314 e. The van der Waals surface area contributed by atoms with Crippen LogP contribution in [0.25, 0.3) is 28.9 Å². The molecule has 2 heterocycles. The highest BCUT2D eigenvalue weighted by Crippen LogP contribution is 2.38. The molecule has 0 atom stereocenters. The lowest BCUT2D eigenvalue weighted by atomic mass is 9.79. The molecule has 7 nitrogen and oxygen atoms in total. The van der Waals surface area contributed by atoms with Crippen molar-refractivity contribution in [3.8, 4) is 22.8 Å². The Balaban J connectivity index is 1.22. The minimum Gasteiger partial charge on any atom is -0.465 e. The van der Waals surface area contributed by atoms with Gasteiger partial charge in [0.25, 0.3) is 5.89 Å². The predicted octanol–water partition coefficient (Wildman–Crippen LogP) is 6.50. The summed E-state index contributed by atoms with van der Waals surface area (Å²) in [6, 6.07) is 14.7. The van der Waals surface area contributed by atoms with Crippen LogP contribution in [0.5, 0.6) is 0 Å². The van der Waals surface area contributed by atoms with Gasteiger partial charge in [-0.05, 0) is 80.4 Å². The average Bonchev–Trinajstić information content (AvgIpc) is 3.68. The third kappa shape index (κ3) is 5.99. The molecule has 39 heavy (non-hydrogen) atoms. The molecular weight excluding hydrogens is 490 g/mol. The summed E-state index contributed by atoms with van der Waals surface area (Å²) < 4.78 is 16.4. The van der Waals surface area contributed by atoms with Crippen LogP contribution < -0.4 is 0 Å². The number of piperidine rings is 1. The summed E-state index contributed by atoms with van der Waals surface area (Å²) in [5.74, 6) is 1.58. The lowest BCUT2D eigenvalue weighted by molar-refractivity contribution is -0.162.